The molecule has 0 radical (unpaired) electrons. The van der Waals surface area contributed by atoms with Gasteiger partial charge in [-0.2, -0.15) is 0 Å². The van der Waals surface area contributed by atoms with E-state index in [0.29, 0.717) is 27.6 Å². The lowest BCUT2D eigenvalue weighted by molar-refractivity contribution is -0.385. The molecule has 0 saturated heterocycles. The number of thiocarbonyl (C=S) groups is 1. The molecule has 1 aliphatic heterocycles. The minimum Gasteiger partial charge on any atom is -0.351 e. The molecular formula is C21H22N4O3S. The molecule has 2 aromatic rings. The number of allylic oxidation sites excluding steroid dienone is 1. The molecule has 1 atom stereocenters. The van der Waals surface area contributed by atoms with Crippen molar-refractivity contribution in [3.63, 3.8) is 0 Å². The van der Waals surface area contributed by atoms with E-state index in [1.807, 2.05) is 38.1 Å². The number of nitro groups is 1. The molecule has 3 N–H and O–H groups in total. The molecule has 2 aromatic carbocycles. The van der Waals surface area contributed by atoms with Crippen LogP contribution in [0.5, 0.6) is 0 Å². The highest BCUT2D eigenvalue weighted by atomic mass is 32.1. The van der Waals surface area contributed by atoms with Crippen molar-refractivity contribution >= 4 is 34.6 Å². The molecule has 0 aliphatic carbocycles. The highest BCUT2D eigenvalue weighted by Crippen LogP contribution is 2.34. The van der Waals surface area contributed by atoms with Crippen LogP contribution >= 0.6 is 12.2 Å². The van der Waals surface area contributed by atoms with Crippen LogP contribution in [0.3, 0.4) is 0 Å². The minimum absolute atomic E-state index is 0.0737. The number of benzene rings is 2. The fourth-order valence-corrected chi connectivity index (χ4v) is 3.70. The molecule has 0 aromatic heterocycles. The van der Waals surface area contributed by atoms with Crippen LogP contribution in [-0.2, 0) is 4.79 Å². The van der Waals surface area contributed by atoms with Gasteiger partial charge >= 0.3 is 0 Å². The van der Waals surface area contributed by atoms with Gasteiger partial charge in [0.15, 0.2) is 5.11 Å². The molecule has 1 aliphatic rings. The molecule has 0 saturated carbocycles. The Labute approximate surface area is 174 Å². The topological polar surface area (TPSA) is 96.3 Å². The Morgan fingerprint density at radius 3 is 2.52 bits per heavy atom. The molecule has 3 rings (SSSR count). The maximum Gasteiger partial charge on any atom is 0.275 e. The van der Waals surface area contributed by atoms with Crippen molar-refractivity contribution in [2.45, 2.75) is 32.7 Å². The maximum absolute atomic E-state index is 13.3. The summed E-state index contributed by atoms with van der Waals surface area (Å²) in [6.45, 7) is 5.83. The number of amides is 1. The first-order chi connectivity index (χ1) is 13.8. The Kier molecular flexibility index (Phi) is 5.93. The molecule has 1 amide bonds. The number of para-hydroxylation sites is 2. The summed E-state index contributed by atoms with van der Waals surface area (Å²) in [7, 11) is 0. The first kappa shape index (κ1) is 20.5. The third-order valence-corrected chi connectivity index (χ3v) is 5.01. The Bertz CT molecular complexity index is 1020. The van der Waals surface area contributed by atoms with Crippen molar-refractivity contribution in [2.75, 3.05) is 5.32 Å². The van der Waals surface area contributed by atoms with Crippen molar-refractivity contribution < 1.29 is 9.72 Å². The lowest BCUT2D eigenvalue weighted by Gasteiger charge is -2.30. The van der Waals surface area contributed by atoms with Crippen LogP contribution < -0.4 is 16.0 Å². The van der Waals surface area contributed by atoms with Crippen LogP contribution in [0.2, 0.25) is 0 Å². The number of hydrogen-bond acceptors (Lipinski definition) is 4. The van der Waals surface area contributed by atoms with Gasteiger partial charge in [-0.05, 0) is 42.8 Å². The number of anilines is 1. The van der Waals surface area contributed by atoms with Gasteiger partial charge in [-0.15, -0.1) is 0 Å². The number of nitrogens with zero attached hydrogens (tertiary/aromatic N) is 1. The lowest BCUT2D eigenvalue weighted by Crippen LogP contribution is -2.46. The van der Waals surface area contributed by atoms with Gasteiger partial charge < -0.3 is 16.0 Å². The van der Waals surface area contributed by atoms with Gasteiger partial charge in [0.25, 0.3) is 11.6 Å². The van der Waals surface area contributed by atoms with E-state index in [2.05, 4.69) is 16.0 Å². The molecule has 1 heterocycles. The van der Waals surface area contributed by atoms with Gasteiger partial charge in [0.05, 0.1) is 22.1 Å². The minimum atomic E-state index is -0.739. The third kappa shape index (κ3) is 4.27. The van der Waals surface area contributed by atoms with E-state index in [0.717, 1.165) is 5.56 Å². The first-order valence-corrected chi connectivity index (χ1v) is 9.62. The van der Waals surface area contributed by atoms with Crippen LogP contribution in [0.1, 0.15) is 43.9 Å². The predicted octanol–water partition coefficient (Wildman–Crippen LogP) is 4.15. The Morgan fingerprint density at radius 1 is 1.17 bits per heavy atom. The predicted molar refractivity (Wildman–Crippen MR) is 117 cm³/mol. The van der Waals surface area contributed by atoms with Gasteiger partial charge in [-0.25, -0.2) is 0 Å². The molecule has 29 heavy (non-hydrogen) atoms. The molecule has 0 spiro atoms. The highest BCUT2D eigenvalue weighted by Gasteiger charge is 2.34. The largest absolute Gasteiger partial charge is 0.351 e. The highest BCUT2D eigenvalue weighted by molar-refractivity contribution is 7.80. The Balaban J connectivity index is 2.04. The molecular weight excluding hydrogens is 388 g/mol. The average molecular weight is 410 g/mol. The van der Waals surface area contributed by atoms with E-state index in [1.165, 1.54) is 6.07 Å². The van der Waals surface area contributed by atoms with Crippen molar-refractivity contribution in [1.29, 1.82) is 0 Å². The number of carbonyl (C=O) groups is 1. The van der Waals surface area contributed by atoms with Crippen LogP contribution in [0, 0.1) is 10.1 Å². The van der Waals surface area contributed by atoms with E-state index in [9.17, 15) is 14.9 Å². The Morgan fingerprint density at radius 2 is 1.83 bits per heavy atom. The van der Waals surface area contributed by atoms with Crippen LogP contribution in [0.4, 0.5) is 11.4 Å². The summed E-state index contributed by atoms with van der Waals surface area (Å²) in [5, 5.41) is 20.8. The molecule has 0 unspecified atom stereocenters. The third-order valence-electron chi connectivity index (χ3n) is 4.79. The zero-order chi connectivity index (χ0) is 21.1. The van der Waals surface area contributed by atoms with E-state index in [4.69, 9.17) is 12.2 Å². The van der Waals surface area contributed by atoms with Crippen molar-refractivity contribution in [3.05, 3.63) is 81.0 Å². The standard InChI is InChI=1S/C21H22N4O3S/c1-12(2)14-8-4-6-10-16(14)23-20(26)18-13(3)22-21(29)24-19(18)15-9-5-7-11-17(15)25(27)28/h4-12,19H,1-3H3,(H,23,26)(H2,22,24,29)/t19-/m0/s1. The second-order valence-corrected chi connectivity index (χ2v) is 7.49. The van der Waals surface area contributed by atoms with E-state index in [1.54, 1.807) is 25.1 Å². The summed E-state index contributed by atoms with van der Waals surface area (Å²) in [5.74, 6) is -0.121. The Hall–Kier alpha value is -3.26. The van der Waals surface area contributed by atoms with E-state index in [-0.39, 0.29) is 17.5 Å². The van der Waals surface area contributed by atoms with Crippen molar-refractivity contribution in [3.8, 4) is 0 Å². The SMILES string of the molecule is CC1=C(C(=O)Nc2ccccc2C(C)C)[C@H](c2ccccc2[N+](=O)[O-])NC(=S)N1. The summed E-state index contributed by atoms with van der Waals surface area (Å²) in [6, 6.07) is 13.2. The van der Waals surface area contributed by atoms with Crippen LogP contribution in [-0.4, -0.2) is 15.9 Å². The van der Waals surface area contributed by atoms with Gasteiger partial charge in [0.2, 0.25) is 0 Å². The van der Waals surface area contributed by atoms with Crippen molar-refractivity contribution in [2.24, 2.45) is 0 Å². The molecule has 0 fully saturated rings. The fourth-order valence-electron chi connectivity index (χ4n) is 3.43. The number of nitro benzene ring substituents is 1. The first-order valence-electron chi connectivity index (χ1n) is 9.21. The summed E-state index contributed by atoms with van der Waals surface area (Å²) >= 11 is 5.24. The quantitative estimate of drug-likeness (QED) is 0.389. The molecule has 8 heteroatoms. The van der Waals surface area contributed by atoms with Gasteiger partial charge in [-0.3, -0.25) is 14.9 Å². The number of hydrogen-bond donors (Lipinski definition) is 3. The normalized spacial score (nSPS) is 16.3. The zero-order valence-corrected chi connectivity index (χ0v) is 17.2. The number of carbonyl (C=O) groups excluding carboxylic acids is 1. The zero-order valence-electron chi connectivity index (χ0n) is 16.4. The van der Waals surface area contributed by atoms with Crippen LogP contribution in [0.15, 0.2) is 59.8 Å². The fraction of sp³-hybridized carbons (Fsp3) is 0.238. The van der Waals surface area contributed by atoms with Crippen LogP contribution in [0.25, 0.3) is 0 Å². The van der Waals surface area contributed by atoms with Crippen molar-refractivity contribution in [1.82, 2.24) is 10.6 Å². The molecule has 7 nitrogen and oxygen atoms in total. The van der Waals surface area contributed by atoms with Gasteiger partial charge in [0.1, 0.15) is 0 Å². The van der Waals surface area contributed by atoms with Gasteiger partial charge in [-0.1, -0.05) is 44.2 Å². The number of rotatable bonds is 5. The summed E-state index contributed by atoms with van der Waals surface area (Å²) in [6.07, 6.45) is 0. The molecule has 0 bridgehead atoms. The number of nitrogens with one attached hydrogen (secondary N) is 3. The summed E-state index contributed by atoms with van der Waals surface area (Å²) in [5.41, 5.74) is 2.93. The van der Waals surface area contributed by atoms with Gasteiger partial charge in [0, 0.05) is 17.5 Å². The smallest absolute Gasteiger partial charge is 0.275 e. The second-order valence-electron chi connectivity index (χ2n) is 7.08. The lowest BCUT2D eigenvalue weighted by atomic mass is 9.93. The summed E-state index contributed by atoms with van der Waals surface area (Å²) in [4.78, 5) is 24.3. The van der Waals surface area contributed by atoms with E-state index < -0.39 is 11.0 Å². The second kappa shape index (κ2) is 8.40. The average Bonchev–Trinajstić information content (AvgIpc) is 2.67. The van der Waals surface area contributed by atoms with E-state index >= 15 is 0 Å². The monoisotopic (exact) mass is 410 g/mol. The maximum atomic E-state index is 13.3. The molecule has 150 valence electrons. The summed E-state index contributed by atoms with van der Waals surface area (Å²) < 4.78 is 0.